The normalized spacial score (nSPS) is 11.7. The topological polar surface area (TPSA) is 81.1 Å². The Morgan fingerprint density at radius 3 is 2.59 bits per heavy atom. The van der Waals surface area contributed by atoms with Gasteiger partial charge in [-0.3, -0.25) is 0 Å². The molecular weight excluding hydrogens is 380 g/mol. The number of nitrogens with one attached hydrogen (secondary N) is 1. The third kappa shape index (κ3) is 4.41. The molecule has 146 valence electrons. The Labute approximate surface area is 173 Å². The van der Waals surface area contributed by atoms with Crippen LogP contribution in [0.15, 0.2) is 77.0 Å². The molecule has 6 nitrogen and oxygen atoms in total. The lowest BCUT2D eigenvalue weighted by Gasteiger charge is -2.06. The molecule has 0 unspecified atom stereocenters. The van der Waals surface area contributed by atoms with Crippen LogP contribution in [-0.2, 0) is 5.75 Å². The Morgan fingerprint density at radius 1 is 1.03 bits per heavy atom. The Bertz CT molecular complexity index is 1160. The van der Waals surface area contributed by atoms with E-state index in [1.165, 1.54) is 38.3 Å². The number of fused-ring (bicyclic) bond motifs is 1. The summed E-state index contributed by atoms with van der Waals surface area (Å²) in [5.41, 5.74) is 7.25. The number of hydrazone groups is 1. The highest BCUT2D eigenvalue weighted by Gasteiger charge is 2.10. The monoisotopic (exact) mass is 402 g/mol. The SMILES string of the molecule is C/C(=N\Nc1nnc(SCc2ccc(C)cc2)n1N)c1ccc2ccccc2c1. The zero-order valence-electron chi connectivity index (χ0n) is 16.3. The van der Waals surface area contributed by atoms with Gasteiger partial charge < -0.3 is 5.84 Å². The summed E-state index contributed by atoms with van der Waals surface area (Å²) in [6.07, 6.45) is 0. The van der Waals surface area contributed by atoms with Crippen LogP contribution in [0.3, 0.4) is 0 Å². The number of nitrogens with two attached hydrogens (primary N) is 1. The zero-order valence-corrected chi connectivity index (χ0v) is 17.1. The van der Waals surface area contributed by atoms with Crippen LogP contribution in [0.5, 0.6) is 0 Å². The van der Waals surface area contributed by atoms with Gasteiger partial charge in [0.25, 0.3) is 5.95 Å². The van der Waals surface area contributed by atoms with Gasteiger partial charge in [-0.1, -0.05) is 78.0 Å². The third-order valence-corrected chi connectivity index (χ3v) is 5.66. The molecule has 1 heterocycles. The fourth-order valence-corrected chi connectivity index (χ4v) is 3.71. The van der Waals surface area contributed by atoms with Crippen molar-refractivity contribution in [3.63, 3.8) is 0 Å². The molecule has 0 amide bonds. The van der Waals surface area contributed by atoms with Gasteiger partial charge in [0.2, 0.25) is 5.16 Å². The molecule has 0 spiro atoms. The highest BCUT2D eigenvalue weighted by atomic mass is 32.2. The van der Waals surface area contributed by atoms with Crippen molar-refractivity contribution >= 4 is 34.2 Å². The average molecular weight is 403 g/mol. The minimum Gasteiger partial charge on any atom is -0.334 e. The standard InChI is InChI=1S/C22H22N6S/c1-15-7-9-17(10-8-15)14-29-22-27-26-21(28(22)23)25-24-16(2)19-12-11-18-5-3-4-6-20(18)13-19/h3-13H,14,23H2,1-2H3,(H,25,26)/b24-16+. The van der Waals surface area contributed by atoms with Crippen molar-refractivity contribution in [3.05, 3.63) is 83.4 Å². The second-order valence-corrected chi connectivity index (χ2v) is 7.76. The Morgan fingerprint density at radius 2 is 1.79 bits per heavy atom. The fourth-order valence-electron chi connectivity index (χ4n) is 2.90. The number of benzene rings is 3. The van der Waals surface area contributed by atoms with Gasteiger partial charge in [0.15, 0.2) is 0 Å². The molecule has 0 saturated carbocycles. The molecule has 0 radical (unpaired) electrons. The number of aryl methyl sites for hydroxylation is 1. The number of thioether (sulfide) groups is 1. The summed E-state index contributed by atoms with van der Waals surface area (Å²) in [4.78, 5) is 0. The molecule has 4 aromatic rings. The number of rotatable bonds is 6. The van der Waals surface area contributed by atoms with Gasteiger partial charge in [-0.15, -0.1) is 10.2 Å². The summed E-state index contributed by atoms with van der Waals surface area (Å²) in [5.74, 6) is 7.30. The van der Waals surface area contributed by atoms with Gasteiger partial charge in [-0.2, -0.15) is 5.10 Å². The van der Waals surface area contributed by atoms with E-state index in [-0.39, 0.29) is 0 Å². The maximum absolute atomic E-state index is 6.13. The molecule has 0 atom stereocenters. The summed E-state index contributed by atoms with van der Waals surface area (Å²) >= 11 is 1.53. The zero-order chi connectivity index (χ0) is 20.2. The fraction of sp³-hybridized carbons (Fsp3) is 0.136. The predicted molar refractivity (Wildman–Crippen MR) is 121 cm³/mol. The molecule has 0 saturated heterocycles. The molecule has 0 aliphatic rings. The molecule has 7 heteroatoms. The molecule has 3 aromatic carbocycles. The number of nitrogen functional groups attached to an aromatic ring is 1. The Kier molecular flexibility index (Phi) is 5.48. The van der Waals surface area contributed by atoms with E-state index >= 15 is 0 Å². The molecule has 1 aromatic heterocycles. The van der Waals surface area contributed by atoms with E-state index < -0.39 is 0 Å². The van der Waals surface area contributed by atoms with Crippen molar-refractivity contribution in [2.45, 2.75) is 24.8 Å². The minimum atomic E-state index is 0.400. The second-order valence-electron chi connectivity index (χ2n) is 6.82. The van der Waals surface area contributed by atoms with E-state index in [2.05, 4.69) is 82.2 Å². The van der Waals surface area contributed by atoms with E-state index in [4.69, 9.17) is 5.84 Å². The third-order valence-electron chi connectivity index (χ3n) is 4.64. The first kappa shape index (κ1) is 19.0. The quantitative estimate of drug-likeness (QED) is 0.213. The van der Waals surface area contributed by atoms with Crippen molar-refractivity contribution < 1.29 is 0 Å². The van der Waals surface area contributed by atoms with Gasteiger partial charge in [-0.25, -0.2) is 10.1 Å². The van der Waals surface area contributed by atoms with E-state index in [0.29, 0.717) is 11.1 Å². The second kappa shape index (κ2) is 8.36. The summed E-state index contributed by atoms with van der Waals surface area (Å²) in [5, 5.41) is 15.7. The number of hydrogen-bond acceptors (Lipinski definition) is 6. The molecule has 4 rings (SSSR count). The number of nitrogens with zero attached hydrogens (tertiary/aromatic N) is 4. The highest BCUT2D eigenvalue weighted by molar-refractivity contribution is 7.98. The van der Waals surface area contributed by atoms with Crippen molar-refractivity contribution in [1.82, 2.24) is 14.9 Å². The van der Waals surface area contributed by atoms with Crippen molar-refractivity contribution in [2.24, 2.45) is 5.10 Å². The summed E-state index contributed by atoms with van der Waals surface area (Å²) in [6.45, 7) is 4.02. The summed E-state index contributed by atoms with van der Waals surface area (Å²) in [7, 11) is 0. The van der Waals surface area contributed by atoms with Gasteiger partial charge in [0.05, 0.1) is 5.71 Å². The van der Waals surface area contributed by atoms with Crippen LogP contribution in [0.1, 0.15) is 23.6 Å². The lowest BCUT2D eigenvalue weighted by molar-refractivity contribution is 0.846. The first-order chi connectivity index (χ1) is 14.1. The van der Waals surface area contributed by atoms with Crippen LogP contribution in [0.2, 0.25) is 0 Å². The summed E-state index contributed by atoms with van der Waals surface area (Å²) in [6, 6.07) is 22.9. The van der Waals surface area contributed by atoms with E-state index in [1.807, 2.05) is 19.1 Å². The highest BCUT2D eigenvalue weighted by Crippen LogP contribution is 2.22. The Hall–Kier alpha value is -3.32. The van der Waals surface area contributed by atoms with Crippen molar-refractivity contribution in [3.8, 4) is 0 Å². The number of hydrogen-bond donors (Lipinski definition) is 2. The van der Waals surface area contributed by atoms with Gasteiger partial charge in [-0.05, 0) is 41.8 Å². The molecule has 0 aliphatic heterocycles. The van der Waals surface area contributed by atoms with E-state index in [9.17, 15) is 0 Å². The molecular formula is C22H22N6S. The summed E-state index contributed by atoms with van der Waals surface area (Å²) < 4.78 is 1.43. The predicted octanol–water partition coefficient (Wildman–Crippen LogP) is 4.58. The Balaban J connectivity index is 1.44. The first-order valence-corrected chi connectivity index (χ1v) is 10.3. The van der Waals surface area contributed by atoms with Crippen LogP contribution < -0.4 is 11.3 Å². The van der Waals surface area contributed by atoms with Gasteiger partial charge >= 0.3 is 0 Å². The van der Waals surface area contributed by atoms with Gasteiger partial charge in [0, 0.05) is 5.75 Å². The lowest BCUT2D eigenvalue weighted by atomic mass is 10.0. The smallest absolute Gasteiger partial charge is 0.264 e. The van der Waals surface area contributed by atoms with E-state index in [0.717, 1.165) is 17.0 Å². The maximum Gasteiger partial charge on any atom is 0.264 e. The van der Waals surface area contributed by atoms with Crippen LogP contribution in [0.4, 0.5) is 5.95 Å². The molecule has 0 aliphatic carbocycles. The average Bonchev–Trinajstić information content (AvgIpc) is 3.10. The largest absolute Gasteiger partial charge is 0.334 e. The van der Waals surface area contributed by atoms with Crippen LogP contribution in [0.25, 0.3) is 10.8 Å². The first-order valence-electron chi connectivity index (χ1n) is 9.28. The number of aromatic nitrogens is 3. The maximum atomic E-state index is 6.13. The lowest BCUT2D eigenvalue weighted by Crippen LogP contribution is -2.13. The van der Waals surface area contributed by atoms with Crippen LogP contribution >= 0.6 is 11.8 Å². The number of anilines is 1. The molecule has 29 heavy (non-hydrogen) atoms. The van der Waals surface area contributed by atoms with Crippen LogP contribution in [-0.4, -0.2) is 20.6 Å². The van der Waals surface area contributed by atoms with E-state index in [1.54, 1.807) is 0 Å². The molecule has 0 fully saturated rings. The van der Waals surface area contributed by atoms with Crippen LogP contribution in [0, 0.1) is 6.92 Å². The van der Waals surface area contributed by atoms with Gasteiger partial charge in [0.1, 0.15) is 0 Å². The molecule has 3 N–H and O–H groups in total. The van der Waals surface area contributed by atoms with Crippen molar-refractivity contribution in [2.75, 3.05) is 11.3 Å². The minimum absolute atomic E-state index is 0.400. The van der Waals surface area contributed by atoms with Crippen molar-refractivity contribution in [1.29, 1.82) is 0 Å². The molecule has 0 bridgehead atoms.